The van der Waals surface area contributed by atoms with Crippen LogP contribution in [0.15, 0.2) is 9.98 Å². The zero-order chi connectivity index (χ0) is 11.0. The highest BCUT2D eigenvalue weighted by Gasteiger charge is 2.05. The molecule has 0 saturated heterocycles. The van der Waals surface area contributed by atoms with Crippen molar-refractivity contribution in [1.29, 1.82) is 0 Å². The molecule has 0 heterocycles. The third-order valence-corrected chi connectivity index (χ3v) is 1.71. The molecule has 0 saturated carbocycles. The molecule has 6 nitrogen and oxygen atoms in total. The van der Waals surface area contributed by atoms with Gasteiger partial charge in [-0.2, -0.15) is 0 Å². The van der Waals surface area contributed by atoms with E-state index in [2.05, 4.69) is 16.9 Å². The quantitative estimate of drug-likeness (QED) is 0.327. The first kappa shape index (κ1) is 12.5. The van der Waals surface area contributed by atoms with Gasteiger partial charge in [0.1, 0.15) is 0 Å². The highest BCUT2D eigenvalue weighted by atomic mass is 15.0. The Labute approximate surface area is 84.4 Å². The molecule has 8 N–H and O–H groups in total. The fourth-order valence-corrected chi connectivity index (χ4v) is 1.16. The molecule has 0 bridgehead atoms. The summed E-state index contributed by atoms with van der Waals surface area (Å²) in [5, 5.41) is 0. The topological polar surface area (TPSA) is 129 Å². The van der Waals surface area contributed by atoms with Crippen LogP contribution in [-0.4, -0.2) is 24.5 Å². The minimum Gasteiger partial charge on any atom is -0.370 e. The van der Waals surface area contributed by atoms with Crippen molar-refractivity contribution >= 4 is 11.9 Å². The van der Waals surface area contributed by atoms with Crippen molar-refractivity contribution in [3.63, 3.8) is 0 Å². The van der Waals surface area contributed by atoms with Crippen LogP contribution in [0, 0.1) is 0 Å². The van der Waals surface area contributed by atoms with E-state index in [9.17, 15) is 0 Å². The molecular weight excluding hydrogens is 180 g/mol. The second-order valence-corrected chi connectivity index (χ2v) is 3.09. The summed E-state index contributed by atoms with van der Waals surface area (Å²) in [6.07, 6.45) is 2.74. The molecular formula is C8H20N6. The average Bonchev–Trinajstić information content (AvgIpc) is 2.02. The van der Waals surface area contributed by atoms with Gasteiger partial charge in [-0.05, 0) is 12.8 Å². The van der Waals surface area contributed by atoms with E-state index in [1.165, 1.54) is 0 Å². The molecule has 0 amide bonds. The van der Waals surface area contributed by atoms with Crippen LogP contribution in [0.3, 0.4) is 0 Å². The van der Waals surface area contributed by atoms with E-state index >= 15 is 0 Å². The van der Waals surface area contributed by atoms with Gasteiger partial charge in [0, 0.05) is 6.54 Å². The van der Waals surface area contributed by atoms with Gasteiger partial charge in [0.25, 0.3) is 0 Å². The van der Waals surface area contributed by atoms with Crippen LogP contribution in [0.4, 0.5) is 0 Å². The summed E-state index contributed by atoms with van der Waals surface area (Å²) in [7, 11) is 0. The Kier molecular flexibility index (Phi) is 6.26. The fourth-order valence-electron chi connectivity index (χ4n) is 1.16. The van der Waals surface area contributed by atoms with Crippen molar-refractivity contribution in [2.24, 2.45) is 32.9 Å². The molecule has 0 aliphatic carbocycles. The smallest absolute Gasteiger partial charge is 0.186 e. The maximum atomic E-state index is 5.30. The lowest BCUT2D eigenvalue weighted by molar-refractivity contribution is 0.569. The largest absolute Gasteiger partial charge is 0.370 e. The lowest BCUT2D eigenvalue weighted by Crippen LogP contribution is -2.26. The summed E-state index contributed by atoms with van der Waals surface area (Å²) < 4.78 is 0. The normalized spacial score (nSPS) is 11.8. The highest BCUT2D eigenvalue weighted by Crippen LogP contribution is 2.06. The number of aliphatic imine (C=N–C) groups is 2. The molecule has 14 heavy (non-hydrogen) atoms. The van der Waals surface area contributed by atoms with Gasteiger partial charge in [0.2, 0.25) is 0 Å². The molecule has 0 aromatic carbocycles. The lowest BCUT2D eigenvalue weighted by atomic mass is 10.1. The van der Waals surface area contributed by atoms with Gasteiger partial charge in [-0.15, -0.1) is 0 Å². The summed E-state index contributed by atoms with van der Waals surface area (Å²) in [5.74, 6) is 0.220. The van der Waals surface area contributed by atoms with Gasteiger partial charge >= 0.3 is 0 Å². The Balaban J connectivity index is 3.97. The average molecular weight is 200 g/mol. The Morgan fingerprint density at radius 2 is 1.71 bits per heavy atom. The van der Waals surface area contributed by atoms with Crippen molar-refractivity contribution in [2.75, 3.05) is 6.54 Å². The monoisotopic (exact) mass is 200 g/mol. The first-order valence-electron chi connectivity index (χ1n) is 4.70. The van der Waals surface area contributed by atoms with Crippen LogP contribution in [0.1, 0.15) is 26.2 Å². The van der Waals surface area contributed by atoms with Gasteiger partial charge < -0.3 is 22.9 Å². The summed E-state index contributed by atoms with van der Waals surface area (Å²) in [5.41, 5.74) is 21.0. The maximum absolute atomic E-state index is 5.30. The van der Waals surface area contributed by atoms with E-state index in [1.54, 1.807) is 0 Å². The third-order valence-electron chi connectivity index (χ3n) is 1.71. The molecule has 0 aliphatic heterocycles. The number of hydrogen-bond acceptors (Lipinski definition) is 2. The van der Waals surface area contributed by atoms with Gasteiger partial charge in [-0.25, -0.2) is 0 Å². The van der Waals surface area contributed by atoms with Crippen molar-refractivity contribution in [3.05, 3.63) is 0 Å². The first-order valence-corrected chi connectivity index (χ1v) is 4.70. The third kappa shape index (κ3) is 7.20. The molecule has 1 atom stereocenters. The van der Waals surface area contributed by atoms with Gasteiger partial charge in [0.05, 0.1) is 6.04 Å². The molecule has 82 valence electrons. The maximum Gasteiger partial charge on any atom is 0.186 e. The number of guanidine groups is 2. The molecule has 0 spiro atoms. The Hall–Kier alpha value is -1.46. The van der Waals surface area contributed by atoms with Crippen molar-refractivity contribution in [1.82, 2.24) is 0 Å². The van der Waals surface area contributed by atoms with Crippen LogP contribution in [0.25, 0.3) is 0 Å². The van der Waals surface area contributed by atoms with Crippen LogP contribution in [0.5, 0.6) is 0 Å². The second kappa shape index (κ2) is 6.99. The van der Waals surface area contributed by atoms with E-state index in [0.717, 1.165) is 19.3 Å². The highest BCUT2D eigenvalue weighted by molar-refractivity contribution is 5.76. The summed E-state index contributed by atoms with van der Waals surface area (Å²) in [6, 6.07) is 0.119. The molecule has 0 aromatic heterocycles. The predicted octanol–water partition coefficient (Wildman–Crippen LogP) is -0.908. The minimum atomic E-state index is 0.102. The van der Waals surface area contributed by atoms with Crippen LogP contribution >= 0.6 is 0 Å². The first-order chi connectivity index (χ1) is 6.56. The van der Waals surface area contributed by atoms with E-state index < -0.39 is 0 Å². The predicted molar refractivity (Wildman–Crippen MR) is 59.8 cm³/mol. The Bertz CT molecular complexity index is 202. The Morgan fingerprint density at radius 3 is 2.14 bits per heavy atom. The van der Waals surface area contributed by atoms with Gasteiger partial charge in [-0.3, -0.25) is 9.98 Å². The van der Waals surface area contributed by atoms with Crippen LogP contribution in [0.2, 0.25) is 0 Å². The molecule has 0 fully saturated rings. The number of nitrogens with zero attached hydrogens (tertiary/aromatic N) is 2. The van der Waals surface area contributed by atoms with Crippen molar-refractivity contribution < 1.29 is 0 Å². The van der Waals surface area contributed by atoms with E-state index in [0.29, 0.717) is 6.54 Å². The molecule has 6 heteroatoms. The number of hydrogen-bond donors (Lipinski definition) is 4. The zero-order valence-corrected chi connectivity index (χ0v) is 8.61. The van der Waals surface area contributed by atoms with Crippen LogP contribution < -0.4 is 22.9 Å². The fraction of sp³-hybridized carbons (Fsp3) is 0.750. The van der Waals surface area contributed by atoms with Crippen LogP contribution in [-0.2, 0) is 0 Å². The summed E-state index contributed by atoms with van der Waals surface area (Å²) in [6.45, 7) is 2.64. The van der Waals surface area contributed by atoms with Crippen molar-refractivity contribution in [3.8, 4) is 0 Å². The molecule has 0 rings (SSSR count). The minimum absolute atomic E-state index is 0.102. The SMILES string of the molecule is CCCC(CCN=C(N)N)N=C(N)N. The molecule has 1 unspecified atom stereocenters. The number of nitrogens with two attached hydrogens (primary N) is 4. The summed E-state index contributed by atoms with van der Waals surface area (Å²) >= 11 is 0. The van der Waals surface area contributed by atoms with E-state index in [-0.39, 0.29) is 18.0 Å². The molecule has 0 aliphatic rings. The molecule has 0 aromatic rings. The van der Waals surface area contributed by atoms with Gasteiger partial charge in [0.15, 0.2) is 11.9 Å². The van der Waals surface area contributed by atoms with E-state index in [4.69, 9.17) is 22.9 Å². The van der Waals surface area contributed by atoms with E-state index in [1.807, 2.05) is 0 Å². The second-order valence-electron chi connectivity index (χ2n) is 3.09. The zero-order valence-electron chi connectivity index (χ0n) is 8.61. The molecule has 0 radical (unpaired) electrons. The Morgan fingerprint density at radius 1 is 1.07 bits per heavy atom. The standard InChI is InChI=1S/C8H20N6/c1-2-3-6(14-8(11)12)4-5-13-7(9)10/h6H,2-5H2,1H3,(H4,9,10,13)(H4,11,12,14). The number of rotatable bonds is 6. The van der Waals surface area contributed by atoms with Gasteiger partial charge in [-0.1, -0.05) is 13.3 Å². The van der Waals surface area contributed by atoms with Crippen molar-refractivity contribution in [2.45, 2.75) is 32.2 Å². The summed E-state index contributed by atoms with van der Waals surface area (Å²) in [4.78, 5) is 7.96. The lowest BCUT2D eigenvalue weighted by Gasteiger charge is -2.09.